The van der Waals surface area contributed by atoms with Crippen molar-refractivity contribution in [2.45, 2.75) is 6.54 Å². The minimum atomic E-state index is 0.617. The van der Waals surface area contributed by atoms with Crippen LogP contribution in [0.2, 0.25) is 0 Å². The highest BCUT2D eigenvalue weighted by atomic mass is 31.0. The number of hydrogen-bond acceptors (Lipinski definition) is 1. The summed E-state index contributed by atoms with van der Waals surface area (Å²) in [5.74, 6) is 0. The first-order valence-electron chi connectivity index (χ1n) is 3.21. The van der Waals surface area contributed by atoms with Gasteiger partial charge in [0.25, 0.3) is 0 Å². The largest absolute Gasteiger partial charge is 0.326 e. The van der Waals surface area contributed by atoms with E-state index >= 15 is 0 Å². The maximum atomic E-state index is 5.45. The molecule has 3 heteroatoms. The van der Waals surface area contributed by atoms with Gasteiger partial charge in [0.1, 0.15) is 0 Å². The minimum Gasteiger partial charge on any atom is -0.326 e. The van der Waals surface area contributed by atoms with Crippen LogP contribution in [0.1, 0.15) is 5.56 Å². The third-order valence-corrected chi connectivity index (χ3v) is 1.76. The zero-order valence-electron chi connectivity index (χ0n) is 5.75. The third-order valence-electron chi connectivity index (χ3n) is 1.38. The van der Waals surface area contributed by atoms with Gasteiger partial charge in [-0.3, -0.25) is 0 Å². The molecule has 1 atom stereocenters. The Morgan fingerprint density at radius 3 is 2.90 bits per heavy atom. The summed E-state index contributed by atoms with van der Waals surface area (Å²) in [5, 5.41) is 0. The number of rotatable bonds is 2. The smallest absolute Gasteiger partial charge is 0.178 e. The fraction of sp³-hybridized carbons (Fsp3) is 0.143. The van der Waals surface area contributed by atoms with Crippen LogP contribution in [0.4, 0.5) is 0 Å². The van der Waals surface area contributed by atoms with Crippen molar-refractivity contribution >= 4 is 21.6 Å². The lowest BCUT2D eigenvalue weighted by Crippen LogP contribution is -2.09. The number of nitrogens with two attached hydrogens (primary N) is 1. The van der Waals surface area contributed by atoms with Gasteiger partial charge < -0.3 is 5.73 Å². The minimum absolute atomic E-state index is 0.617. The van der Waals surface area contributed by atoms with Gasteiger partial charge in [-0.25, -0.2) is 0 Å². The second-order valence-electron chi connectivity index (χ2n) is 2.12. The Bertz CT molecular complexity index is 195. The van der Waals surface area contributed by atoms with E-state index in [0.717, 1.165) is 0 Å². The van der Waals surface area contributed by atoms with Crippen LogP contribution in [-0.2, 0) is 6.54 Å². The lowest BCUT2D eigenvalue weighted by molar-refractivity contribution is 1.07. The molecule has 0 spiro atoms. The van der Waals surface area contributed by atoms with E-state index in [1.54, 1.807) is 0 Å². The zero-order valence-corrected chi connectivity index (χ0v) is 6.90. The normalized spacial score (nSPS) is 9.40. The second-order valence-corrected chi connectivity index (χ2v) is 2.45. The van der Waals surface area contributed by atoms with Gasteiger partial charge in [-0.1, -0.05) is 29.7 Å². The van der Waals surface area contributed by atoms with Crippen LogP contribution in [0.15, 0.2) is 24.3 Å². The van der Waals surface area contributed by atoms with Crippen molar-refractivity contribution in [1.82, 2.24) is 0 Å². The quantitative estimate of drug-likeness (QED) is 0.475. The predicted octanol–water partition coefficient (Wildman–Crippen LogP) is 0.265. The Morgan fingerprint density at radius 2 is 2.30 bits per heavy atom. The monoisotopic (exact) mass is 150 g/mol. The van der Waals surface area contributed by atoms with Crippen molar-refractivity contribution in [3.8, 4) is 0 Å². The molecule has 0 bridgehead atoms. The molecule has 0 fully saturated rings. The lowest BCUT2D eigenvalue weighted by atomic mass is 9.93. The Balaban J connectivity index is 2.87. The molecule has 0 aliphatic heterocycles. The van der Waals surface area contributed by atoms with E-state index in [1.807, 2.05) is 25.2 Å². The van der Waals surface area contributed by atoms with Crippen LogP contribution < -0.4 is 11.2 Å². The van der Waals surface area contributed by atoms with E-state index in [9.17, 15) is 0 Å². The van der Waals surface area contributed by atoms with Crippen LogP contribution in [-0.4, -0.2) is 7.00 Å². The molecule has 1 radical (unpaired) electrons. The van der Waals surface area contributed by atoms with Crippen molar-refractivity contribution in [1.29, 1.82) is 0 Å². The maximum Gasteiger partial charge on any atom is 0.178 e. The van der Waals surface area contributed by atoms with Gasteiger partial charge in [0.2, 0.25) is 0 Å². The molecule has 1 unspecified atom stereocenters. The molecule has 2 N–H and O–H groups in total. The molecule has 0 saturated heterocycles. The maximum absolute atomic E-state index is 5.45. The molecule has 0 amide bonds. The average molecular weight is 150 g/mol. The summed E-state index contributed by atoms with van der Waals surface area (Å²) in [4.78, 5) is 0. The summed E-state index contributed by atoms with van der Waals surface area (Å²) >= 11 is 0. The zero-order chi connectivity index (χ0) is 7.40. The molecular formula is C7H10BNP. The highest BCUT2D eigenvalue weighted by molar-refractivity contribution is 7.58. The molecule has 1 aromatic carbocycles. The highest BCUT2D eigenvalue weighted by Gasteiger charge is 1.90. The van der Waals surface area contributed by atoms with E-state index in [4.69, 9.17) is 5.73 Å². The van der Waals surface area contributed by atoms with Crippen molar-refractivity contribution in [3.05, 3.63) is 29.8 Å². The fourth-order valence-electron chi connectivity index (χ4n) is 0.824. The second kappa shape index (κ2) is 3.75. The fourth-order valence-corrected chi connectivity index (χ4v) is 1.03. The topological polar surface area (TPSA) is 26.0 Å². The van der Waals surface area contributed by atoms with Crippen molar-refractivity contribution < 1.29 is 0 Å². The number of hydrogen-bond donors (Lipinski definition) is 1. The van der Waals surface area contributed by atoms with E-state index in [2.05, 4.69) is 15.2 Å². The Labute approximate surface area is 64.4 Å². The summed E-state index contributed by atoms with van der Waals surface area (Å²) in [7, 11) is 2.57. The lowest BCUT2D eigenvalue weighted by Gasteiger charge is -1.98. The van der Waals surface area contributed by atoms with Crippen LogP contribution in [0.3, 0.4) is 0 Å². The van der Waals surface area contributed by atoms with Crippen LogP contribution in [0, 0.1) is 0 Å². The molecule has 10 heavy (non-hydrogen) atoms. The third kappa shape index (κ3) is 1.83. The van der Waals surface area contributed by atoms with E-state index in [1.165, 1.54) is 11.0 Å². The Morgan fingerprint density at radius 1 is 1.50 bits per heavy atom. The summed E-state index contributed by atoms with van der Waals surface area (Å²) in [6.07, 6.45) is 0. The van der Waals surface area contributed by atoms with Gasteiger partial charge in [-0.15, -0.1) is 0 Å². The number of benzene rings is 1. The summed E-state index contributed by atoms with van der Waals surface area (Å²) in [6.45, 7) is 2.60. The summed E-state index contributed by atoms with van der Waals surface area (Å²) < 4.78 is 0. The van der Waals surface area contributed by atoms with Gasteiger partial charge in [0.05, 0.1) is 0 Å². The van der Waals surface area contributed by atoms with Gasteiger partial charge in [0, 0.05) is 6.54 Å². The Hall–Kier alpha value is -0.325. The van der Waals surface area contributed by atoms with Gasteiger partial charge in [-0.05, 0) is 5.56 Å². The molecule has 0 aliphatic carbocycles. The molecule has 51 valence electrons. The van der Waals surface area contributed by atoms with E-state index in [-0.39, 0.29) is 0 Å². The summed E-state index contributed by atoms with van der Waals surface area (Å²) in [5.41, 5.74) is 7.83. The van der Waals surface area contributed by atoms with Crippen molar-refractivity contribution in [3.63, 3.8) is 0 Å². The van der Waals surface area contributed by atoms with Crippen LogP contribution in [0.25, 0.3) is 0 Å². The SMILES string of the molecule is NCc1cccc([B]P)c1. The van der Waals surface area contributed by atoms with Gasteiger partial charge >= 0.3 is 0 Å². The Kier molecular flexibility index (Phi) is 2.92. The molecule has 1 rings (SSSR count). The highest BCUT2D eigenvalue weighted by Crippen LogP contribution is 1.94. The predicted molar refractivity (Wildman–Crippen MR) is 49.4 cm³/mol. The first-order valence-corrected chi connectivity index (χ1v) is 3.87. The first kappa shape index (κ1) is 7.78. The van der Waals surface area contributed by atoms with E-state index < -0.39 is 0 Å². The van der Waals surface area contributed by atoms with Crippen molar-refractivity contribution in [2.24, 2.45) is 5.73 Å². The van der Waals surface area contributed by atoms with E-state index in [0.29, 0.717) is 6.54 Å². The molecule has 1 nitrogen and oxygen atoms in total. The first-order chi connectivity index (χ1) is 4.86. The standard InChI is InChI=1S/C7H10BNP/c9-5-6-2-1-3-7(4-6)8-10/h1-4H,5,9-10H2. The van der Waals surface area contributed by atoms with Crippen molar-refractivity contribution in [2.75, 3.05) is 0 Å². The molecular weight excluding hydrogens is 140 g/mol. The van der Waals surface area contributed by atoms with Gasteiger partial charge in [0.15, 0.2) is 7.00 Å². The van der Waals surface area contributed by atoms with Crippen LogP contribution in [0.5, 0.6) is 0 Å². The molecule has 0 saturated carbocycles. The molecule has 0 heterocycles. The van der Waals surface area contributed by atoms with Gasteiger partial charge in [-0.2, -0.15) is 9.12 Å². The molecule has 0 aromatic heterocycles. The summed E-state index contributed by atoms with van der Waals surface area (Å²) in [6, 6.07) is 8.16. The molecule has 0 aliphatic rings. The van der Waals surface area contributed by atoms with Crippen LogP contribution >= 0.6 is 9.12 Å². The molecule has 1 aromatic rings. The average Bonchev–Trinajstić information content (AvgIpc) is 2.05.